The van der Waals surface area contributed by atoms with Crippen molar-refractivity contribution in [3.8, 4) is 0 Å². The molecule has 0 saturated carbocycles. The van der Waals surface area contributed by atoms with E-state index in [0.717, 1.165) is 18.5 Å². The van der Waals surface area contributed by atoms with E-state index >= 15 is 0 Å². The predicted octanol–water partition coefficient (Wildman–Crippen LogP) is 2.02. The lowest BCUT2D eigenvalue weighted by atomic mass is 9.97. The Labute approximate surface area is 142 Å². The Balaban J connectivity index is 1.99. The van der Waals surface area contributed by atoms with E-state index < -0.39 is 11.9 Å². The molecule has 1 aromatic rings. The Hall–Kier alpha value is -1.89. The number of carbonyl (C=O) groups is 2. The zero-order chi connectivity index (χ0) is 17.7. The topological polar surface area (TPSA) is 93.5 Å². The number of carboxylic acids is 1. The van der Waals surface area contributed by atoms with Crippen molar-refractivity contribution < 1.29 is 19.4 Å². The van der Waals surface area contributed by atoms with Gasteiger partial charge in [-0.3, -0.25) is 14.3 Å². The average Bonchev–Trinajstić information content (AvgIpc) is 2.93. The maximum Gasteiger partial charge on any atom is 0.308 e. The fourth-order valence-corrected chi connectivity index (χ4v) is 3.10. The van der Waals surface area contributed by atoms with Crippen LogP contribution in [0.15, 0.2) is 6.20 Å². The van der Waals surface area contributed by atoms with E-state index in [-0.39, 0.29) is 24.4 Å². The quantitative estimate of drug-likeness (QED) is 0.794. The lowest BCUT2D eigenvalue weighted by molar-refractivity contribution is -0.142. The van der Waals surface area contributed by atoms with Gasteiger partial charge < -0.3 is 15.2 Å². The number of hydrogen-bond acceptors (Lipinski definition) is 4. The van der Waals surface area contributed by atoms with Crippen molar-refractivity contribution in [2.75, 3.05) is 19.8 Å². The molecule has 2 heterocycles. The van der Waals surface area contributed by atoms with Crippen molar-refractivity contribution in [1.82, 2.24) is 15.1 Å². The Bertz CT molecular complexity index is 576. The van der Waals surface area contributed by atoms with Gasteiger partial charge in [-0.2, -0.15) is 5.10 Å². The van der Waals surface area contributed by atoms with Crippen molar-refractivity contribution in [3.63, 3.8) is 0 Å². The van der Waals surface area contributed by atoms with Gasteiger partial charge in [-0.1, -0.05) is 13.8 Å². The Morgan fingerprint density at radius 1 is 1.42 bits per heavy atom. The molecule has 1 aliphatic heterocycles. The standard InChI is InChI=1S/C17H27N3O4/c1-11(2)8-13(17(22)23)9-18-16(21)15-10-19-20(12(15)3)14-4-6-24-7-5-14/h10-11,13-14H,4-9H2,1-3H3,(H,18,21)(H,22,23). The molecule has 1 amide bonds. The molecule has 1 aliphatic rings. The normalized spacial score (nSPS) is 17.0. The van der Waals surface area contributed by atoms with Gasteiger partial charge in [-0.15, -0.1) is 0 Å². The van der Waals surface area contributed by atoms with Crippen LogP contribution in [0.1, 0.15) is 55.2 Å². The second-order valence-electron chi connectivity index (χ2n) is 6.81. The van der Waals surface area contributed by atoms with Gasteiger partial charge in [0, 0.05) is 25.5 Å². The van der Waals surface area contributed by atoms with Crippen LogP contribution in [0.3, 0.4) is 0 Å². The average molecular weight is 337 g/mol. The van der Waals surface area contributed by atoms with Crippen molar-refractivity contribution in [1.29, 1.82) is 0 Å². The van der Waals surface area contributed by atoms with E-state index in [1.54, 1.807) is 6.20 Å². The predicted molar refractivity (Wildman–Crippen MR) is 89.0 cm³/mol. The summed E-state index contributed by atoms with van der Waals surface area (Å²) in [4.78, 5) is 23.7. The van der Waals surface area contributed by atoms with Gasteiger partial charge in [0.2, 0.25) is 0 Å². The molecule has 7 heteroatoms. The highest BCUT2D eigenvalue weighted by atomic mass is 16.5. The number of amides is 1. The number of rotatable bonds is 7. The summed E-state index contributed by atoms with van der Waals surface area (Å²) in [7, 11) is 0. The molecule has 1 aromatic heterocycles. The van der Waals surface area contributed by atoms with Crippen LogP contribution in [0.2, 0.25) is 0 Å². The minimum atomic E-state index is -0.876. The number of carboxylic acid groups (broad SMARTS) is 1. The molecule has 1 saturated heterocycles. The van der Waals surface area contributed by atoms with Gasteiger partial charge in [0.05, 0.1) is 23.7 Å². The largest absolute Gasteiger partial charge is 0.481 e. The SMILES string of the molecule is Cc1c(C(=O)NCC(CC(C)C)C(=O)O)cnn1C1CCOCC1. The Morgan fingerprint density at radius 3 is 2.67 bits per heavy atom. The molecule has 1 atom stereocenters. The summed E-state index contributed by atoms with van der Waals surface area (Å²) in [6, 6.07) is 0.257. The van der Waals surface area contributed by atoms with Gasteiger partial charge in [0.1, 0.15) is 0 Å². The first-order chi connectivity index (χ1) is 11.4. The van der Waals surface area contributed by atoms with Crippen LogP contribution < -0.4 is 5.32 Å². The third-order valence-corrected chi connectivity index (χ3v) is 4.44. The molecule has 1 fully saturated rings. The van der Waals surface area contributed by atoms with Crippen LogP contribution in [0, 0.1) is 18.8 Å². The first-order valence-corrected chi connectivity index (χ1v) is 8.53. The second kappa shape index (κ2) is 8.28. The Morgan fingerprint density at radius 2 is 2.08 bits per heavy atom. The molecule has 0 aliphatic carbocycles. The van der Waals surface area contributed by atoms with Crippen LogP contribution in [-0.2, 0) is 9.53 Å². The maximum atomic E-state index is 12.4. The summed E-state index contributed by atoms with van der Waals surface area (Å²) < 4.78 is 7.25. The maximum absolute atomic E-state index is 12.4. The summed E-state index contributed by atoms with van der Waals surface area (Å²) in [5.41, 5.74) is 1.32. The van der Waals surface area contributed by atoms with Crippen LogP contribution in [0.25, 0.3) is 0 Å². The molecule has 2 rings (SSSR count). The molecule has 0 radical (unpaired) electrons. The van der Waals surface area contributed by atoms with E-state index in [0.29, 0.717) is 25.2 Å². The van der Waals surface area contributed by atoms with E-state index in [2.05, 4.69) is 10.4 Å². The number of aliphatic carboxylic acids is 1. The number of nitrogens with one attached hydrogen (secondary N) is 1. The van der Waals surface area contributed by atoms with E-state index in [1.807, 2.05) is 25.5 Å². The molecular weight excluding hydrogens is 310 g/mol. The second-order valence-corrected chi connectivity index (χ2v) is 6.81. The zero-order valence-corrected chi connectivity index (χ0v) is 14.6. The van der Waals surface area contributed by atoms with Gasteiger partial charge in [-0.25, -0.2) is 0 Å². The molecule has 1 unspecified atom stereocenters. The van der Waals surface area contributed by atoms with Crippen LogP contribution in [0.5, 0.6) is 0 Å². The van der Waals surface area contributed by atoms with Crippen LogP contribution in [-0.4, -0.2) is 46.5 Å². The smallest absolute Gasteiger partial charge is 0.308 e. The van der Waals surface area contributed by atoms with Crippen molar-refractivity contribution >= 4 is 11.9 Å². The highest BCUT2D eigenvalue weighted by Gasteiger charge is 2.24. The summed E-state index contributed by atoms with van der Waals surface area (Å²) >= 11 is 0. The molecule has 0 bridgehead atoms. The third kappa shape index (κ3) is 4.56. The number of hydrogen-bond donors (Lipinski definition) is 2. The molecule has 0 spiro atoms. The monoisotopic (exact) mass is 337 g/mol. The fraction of sp³-hybridized carbons (Fsp3) is 0.706. The van der Waals surface area contributed by atoms with Gasteiger partial charge in [0.25, 0.3) is 5.91 Å². The van der Waals surface area contributed by atoms with Crippen molar-refractivity contribution in [2.45, 2.75) is 46.1 Å². The molecule has 2 N–H and O–H groups in total. The van der Waals surface area contributed by atoms with Crippen molar-refractivity contribution in [2.24, 2.45) is 11.8 Å². The molecular formula is C17H27N3O4. The lowest BCUT2D eigenvalue weighted by Gasteiger charge is -2.23. The first kappa shape index (κ1) is 18.4. The zero-order valence-electron chi connectivity index (χ0n) is 14.6. The van der Waals surface area contributed by atoms with E-state index in [1.165, 1.54) is 0 Å². The van der Waals surface area contributed by atoms with Gasteiger partial charge in [0.15, 0.2) is 0 Å². The number of aromatic nitrogens is 2. The van der Waals surface area contributed by atoms with Gasteiger partial charge >= 0.3 is 5.97 Å². The number of ether oxygens (including phenoxy) is 1. The minimum absolute atomic E-state index is 0.133. The van der Waals surface area contributed by atoms with Crippen LogP contribution in [0.4, 0.5) is 0 Å². The Kier molecular flexibility index (Phi) is 6.36. The summed E-state index contributed by atoms with van der Waals surface area (Å²) in [5.74, 6) is -1.44. The van der Waals surface area contributed by atoms with E-state index in [4.69, 9.17) is 4.74 Å². The third-order valence-electron chi connectivity index (χ3n) is 4.44. The fourth-order valence-electron chi connectivity index (χ4n) is 3.10. The number of carbonyl (C=O) groups excluding carboxylic acids is 1. The molecule has 7 nitrogen and oxygen atoms in total. The van der Waals surface area contributed by atoms with E-state index in [9.17, 15) is 14.7 Å². The molecule has 24 heavy (non-hydrogen) atoms. The highest BCUT2D eigenvalue weighted by Crippen LogP contribution is 2.23. The summed E-state index contributed by atoms with van der Waals surface area (Å²) in [5, 5.41) is 16.4. The molecule has 0 aromatic carbocycles. The summed E-state index contributed by atoms with van der Waals surface area (Å²) in [6.07, 6.45) is 3.88. The highest BCUT2D eigenvalue weighted by molar-refractivity contribution is 5.95. The van der Waals surface area contributed by atoms with Crippen LogP contribution >= 0.6 is 0 Å². The van der Waals surface area contributed by atoms with Crippen molar-refractivity contribution in [3.05, 3.63) is 17.5 Å². The summed E-state index contributed by atoms with van der Waals surface area (Å²) in [6.45, 7) is 7.37. The first-order valence-electron chi connectivity index (χ1n) is 8.53. The molecule has 134 valence electrons. The number of nitrogens with zero attached hydrogens (tertiary/aromatic N) is 2. The minimum Gasteiger partial charge on any atom is -0.481 e. The lowest BCUT2D eigenvalue weighted by Crippen LogP contribution is -2.34. The van der Waals surface area contributed by atoms with Gasteiger partial charge in [-0.05, 0) is 32.1 Å².